The number of nitrogens with zero attached hydrogens (tertiary/aromatic N) is 4. The number of halogens is 2. The Labute approximate surface area is 237 Å². The number of hydrogen-bond acceptors (Lipinski definition) is 5. The minimum Gasteiger partial charge on any atom is -0.381 e. The fraction of sp³-hybridized carbons (Fsp3) is 0.258. The fourth-order valence-electron chi connectivity index (χ4n) is 5.34. The van der Waals surface area contributed by atoms with Gasteiger partial charge in [0.25, 0.3) is 0 Å². The number of benzene rings is 3. The number of hydrogen-bond donors (Lipinski definition) is 1. The maximum absolute atomic E-state index is 6.76. The van der Waals surface area contributed by atoms with Crippen molar-refractivity contribution in [3.8, 4) is 17.1 Å². The predicted molar refractivity (Wildman–Crippen MR) is 159 cm³/mol. The van der Waals surface area contributed by atoms with Crippen LogP contribution in [-0.4, -0.2) is 33.8 Å². The molecule has 1 aromatic heterocycles. The molecule has 1 saturated carbocycles. The molecule has 2 aromatic carbocycles. The standard InChI is InChI=1S/C31H29Cl2N5O/c1-19-24(7-5-15-34-19)36-26-17-28-31(18-27(26)35-21-10-12-22(39-2)13-11-21)38(29-14-9-20(32)16-23(29)33)30-8-4-3-6-25(30)37-28/h3-9,14-18,21-22,36H,10-13H2,1-2H3/b35-27+. The van der Waals surface area contributed by atoms with Gasteiger partial charge in [-0.25, -0.2) is 4.98 Å². The molecular weight excluding hydrogens is 529 g/mol. The van der Waals surface area contributed by atoms with Crippen LogP contribution < -0.4 is 10.7 Å². The van der Waals surface area contributed by atoms with Gasteiger partial charge in [-0.2, -0.15) is 0 Å². The third-order valence-electron chi connectivity index (χ3n) is 7.42. The van der Waals surface area contributed by atoms with Gasteiger partial charge in [0.05, 0.1) is 67.7 Å². The average Bonchev–Trinajstić information content (AvgIpc) is 2.94. The monoisotopic (exact) mass is 557 g/mol. The van der Waals surface area contributed by atoms with E-state index >= 15 is 0 Å². The van der Waals surface area contributed by atoms with Gasteiger partial charge in [0, 0.05) is 18.3 Å². The summed E-state index contributed by atoms with van der Waals surface area (Å²) in [7, 11) is 1.79. The van der Waals surface area contributed by atoms with Crippen LogP contribution in [0.4, 0.5) is 11.4 Å². The van der Waals surface area contributed by atoms with Gasteiger partial charge in [0.15, 0.2) is 0 Å². The lowest BCUT2D eigenvalue weighted by atomic mass is 9.93. The normalized spacial score (nSPS) is 18.1. The lowest BCUT2D eigenvalue weighted by Gasteiger charge is -2.25. The van der Waals surface area contributed by atoms with Crippen LogP contribution >= 0.6 is 23.2 Å². The Kier molecular flexibility index (Phi) is 7.26. The molecule has 1 fully saturated rings. The molecule has 8 heteroatoms. The predicted octanol–water partition coefficient (Wildman–Crippen LogP) is 7.74. The van der Waals surface area contributed by atoms with Crippen molar-refractivity contribution in [2.75, 3.05) is 12.4 Å². The molecule has 0 saturated heterocycles. The molecule has 0 amide bonds. The number of fused-ring (bicyclic) bond motifs is 2. The number of anilines is 2. The van der Waals surface area contributed by atoms with Crippen LogP contribution in [0.2, 0.25) is 10.0 Å². The maximum atomic E-state index is 6.76. The second-order valence-corrected chi connectivity index (χ2v) is 10.8. The van der Waals surface area contributed by atoms with Crippen molar-refractivity contribution < 1.29 is 4.74 Å². The highest BCUT2D eigenvalue weighted by molar-refractivity contribution is 6.35. The number of aryl methyl sites for hydroxylation is 1. The third kappa shape index (κ3) is 5.24. The second kappa shape index (κ2) is 11.0. The molecule has 6 rings (SSSR count). The van der Waals surface area contributed by atoms with Gasteiger partial charge in [0.1, 0.15) is 0 Å². The van der Waals surface area contributed by atoms with E-state index in [4.69, 9.17) is 37.9 Å². The van der Waals surface area contributed by atoms with Crippen molar-refractivity contribution >= 4 is 45.6 Å². The molecule has 39 heavy (non-hydrogen) atoms. The summed E-state index contributed by atoms with van der Waals surface area (Å²) in [4.78, 5) is 14.8. The van der Waals surface area contributed by atoms with E-state index in [0.717, 1.165) is 76.2 Å². The van der Waals surface area contributed by atoms with E-state index < -0.39 is 0 Å². The van der Waals surface area contributed by atoms with Gasteiger partial charge in [-0.15, -0.1) is 0 Å². The number of ether oxygens (including phenoxy) is 1. The highest BCUT2D eigenvalue weighted by atomic mass is 35.5. The van der Waals surface area contributed by atoms with Crippen molar-refractivity contribution in [3.63, 3.8) is 0 Å². The first-order valence-electron chi connectivity index (χ1n) is 13.2. The van der Waals surface area contributed by atoms with Crippen molar-refractivity contribution in [2.45, 2.75) is 44.8 Å². The summed E-state index contributed by atoms with van der Waals surface area (Å²) in [6.45, 7) is 1.99. The first-order chi connectivity index (χ1) is 19.0. The van der Waals surface area contributed by atoms with Gasteiger partial charge >= 0.3 is 0 Å². The Balaban J connectivity index is 1.60. The minimum atomic E-state index is 0.213. The fourth-order valence-corrected chi connectivity index (χ4v) is 5.83. The molecule has 1 N–H and O–H groups in total. The molecule has 0 radical (unpaired) electrons. The molecule has 0 bridgehead atoms. The van der Waals surface area contributed by atoms with Crippen LogP contribution in [0.5, 0.6) is 0 Å². The van der Waals surface area contributed by atoms with Crippen LogP contribution in [0, 0.1) is 6.92 Å². The Morgan fingerprint density at radius 1 is 0.949 bits per heavy atom. The van der Waals surface area contributed by atoms with Crippen molar-refractivity contribution in [1.82, 2.24) is 14.5 Å². The van der Waals surface area contributed by atoms with Gasteiger partial charge in [-0.3, -0.25) is 9.98 Å². The molecule has 6 nitrogen and oxygen atoms in total. The number of methoxy groups -OCH3 is 1. The molecule has 0 unspecified atom stereocenters. The SMILES string of the molecule is COC1CCC(/N=c2\cc3n(-c4ccc(Cl)cc4Cl)c4ccccc4nc-3cc2Nc2cccnc2C)CC1. The van der Waals surface area contributed by atoms with E-state index in [2.05, 4.69) is 33.1 Å². The van der Waals surface area contributed by atoms with Crippen LogP contribution in [0.25, 0.3) is 28.1 Å². The van der Waals surface area contributed by atoms with Crippen molar-refractivity contribution in [1.29, 1.82) is 0 Å². The Morgan fingerprint density at radius 2 is 1.77 bits per heavy atom. The molecule has 0 atom stereocenters. The summed E-state index contributed by atoms with van der Waals surface area (Å²) in [5, 5.41) is 5.63. The Bertz CT molecular complexity index is 1690. The van der Waals surface area contributed by atoms with Crippen LogP contribution in [-0.2, 0) is 4.74 Å². The number of aromatic nitrogens is 3. The zero-order valence-corrected chi connectivity index (χ0v) is 23.4. The summed E-state index contributed by atoms with van der Waals surface area (Å²) in [5.41, 5.74) is 7.13. The van der Waals surface area contributed by atoms with E-state index in [1.165, 1.54) is 0 Å². The zero-order chi connectivity index (χ0) is 26.9. The average molecular weight is 559 g/mol. The lowest BCUT2D eigenvalue weighted by Crippen LogP contribution is -2.25. The third-order valence-corrected chi connectivity index (χ3v) is 7.96. The van der Waals surface area contributed by atoms with Gasteiger partial charge in [-0.1, -0.05) is 35.3 Å². The molecule has 1 aliphatic heterocycles. The highest BCUT2D eigenvalue weighted by Crippen LogP contribution is 2.34. The van der Waals surface area contributed by atoms with Crippen molar-refractivity contribution in [2.24, 2.45) is 4.99 Å². The van der Waals surface area contributed by atoms with E-state index in [9.17, 15) is 0 Å². The van der Waals surface area contributed by atoms with Crippen LogP contribution in [0.1, 0.15) is 31.4 Å². The van der Waals surface area contributed by atoms with Crippen LogP contribution in [0.3, 0.4) is 0 Å². The molecule has 3 aliphatic rings. The molecule has 2 heterocycles. The highest BCUT2D eigenvalue weighted by Gasteiger charge is 2.22. The summed E-state index contributed by atoms with van der Waals surface area (Å²) in [5.74, 6) is 0. The van der Waals surface area contributed by atoms with Gasteiger partial charge in [-0.05, 0) is 87.2 Å². The summed E-state index contributed by atoms with van der Waals surface area (Å²) >= 11 is 13.0. The molecule has 2 aliphatic carbocycles. The number of nitrogens with one attached hydrogen (secondary N) is 1. The first-order valence-corrected chi connectivity index (χ1v) is 13.9. The molecule has 198 valence electrons. The molecule has 0 spiro atoms. The summed E-state index contributed by atoms with van der Waals surface area (Å²) in [6, 6.07) is 22.0. The topological polar surface area (TPSA) is 64.3 Å². The van der Waals surface area contributed by atoms with Crippen LogP contribution in [0.15, 0.2) is 77.9 Å². The van der Waals surface area contributed by atoms with Crippen molar-refractivity contribution in [3.05, 3.63) is 94.0 Å². The smallest absolute Gasteiger partial charge is 0.0900 e. The first kappa shape index (κ1) is 25.8. The van der Waals surface area contributed by atoms with E-state index in [-0.39, 0.29) is 6.04 Å². The quantitative estimate of drug-likeness (QED) is 0.224. The van der Waals surface area contributed by atoms with E-state index in [1.54, 1.807) is 19.4 Å². The Morgan fingerprint density at radius 3 is 2.54 bits per heavy atom. The largest absolute Gasteiger partial charge is 0.381 e. The minimum absolute atomic E-state index is 0.213. The van der Waals surface area contributed by atoms with Gasteiger partial charge in [0.2, 0.25) is 0 Å². The maximum Gasteiger partial charge on any atom is 0.0900 e. The van der Waals surface area contributed by atoms with E-state index in [1.807, 2.05) is 49.4 Å². The zero-order valence-electron chi connectivity index (χ0n) is 21.9. The summed E-state index contributed by atoms with van der Waals surface area (Å²) in [6.07, 6.45) is 6.10. The second-order valence-electron chi connectivity index (χ2n) is 9.95. The molecule has 3 aromatic rings. The summed E-state index contributed by atoms with van der Waals surface area (Å²) < 4.78 is 7.74. The number of para-hydroxylation sites is 2. The van der Waals surface area contributed by atoms with Gasteiger partial charge < -0.3 is 14.6 Å². The van der Waals surface area contributed by atoms with E-state index in [0.29, 0.717) is 16.1 Å². The number of rotatable bonds is 5. The number of pyridine rings is 1. The molecular formula is C31H29Cl2N5O. The Hall–Kier alpha value is -3.45. The lowest BCUT2D eigenvalue weighted by molar-refractivity contribution is 0.0663.